The molecule has 1 heterocycles. The summed E-state index contributed by atoms with van der Waals surface area (Å²) >= 11 is 15.9. The number of halogens is 3. The van der Waals surface area contributed by atoms with Gasteiger partial charge in [-0.2, -0.15) is 0 Å². The topological polar surface area (TPSA) is 46.2 Å². The Balaban J connectivity index is 2.39. The highest BCUT2D eigenvalue weighted by Crippen LogP contribution is 2.35. The molecular formula is C11H8BrCl2NO2S2. The SMILES string of the molecule is Cc1ccc(NS(=O)(=O)c2cc(Cl)sc2Cl)c(Br)c1. The van der Waals surface area contributed by atoms with Crippen molar-refractivity contribution in [1.29, 1.82) is 0 Å². The highest BCUT2D eigenvalue weighted by molar-refractivity contribution is 9.10. The van der Waals surface area contributed by atoms with Crippen LogP contribution in [0.15, 0.2) is 33.6 Å². The van der Waals surface area contributed by atoms with Gasteiger partial charge in [0.2, 0.25) is 0 Å². The summed E-state index contributed by atoms with van der Waals surface area (Å²) in [6.45, 7) is 1.92. The zero-order chi connectivity index (χ0) is 14.2. The minimum Gasteiger partial charge on any atom is -0.278 e. The Labute approximate surface area is 133 Å². The van der Waals surface area contributed by atoms with Crippen LogP contribution in [0.1, 0.15) is 5.56 Å². The molecule has 0 aliphatic carbocycles. The van der Waals surface area contributed by atoms with Gasteiger partial charge in [0.25, 0.3) is 10.0 Å². The van der Waals surface area contributed by atoms with E-state index in [0.717, 1.165) is 16.9 Å². The average molecular weight is 401 g/mol. The Morgan fingerprint density at radius 2 is 1.95 bits per heavy atom. The second-order valence-electron chi connectivity index (χ2n) is 3.78. The minimum atomic E-state index is -3.74. The summed E-state index contributed by atoms with van der Waals surface area (Å²) in [5, 5.41) is 0. The third-order valence-electron chi connectivity index (χ3n) is 2.28. The molecule has 0 amide bonds. The molecule has 0 aliphatic rings. The second kappa shape index (κ2) is 5.61. The molecule has 102 valence electrons. The number of hydrogen-bond donors (Lipinski definition) is 1. The van der Waals surface area contributed by atoms with Crippen molar-refractivity contribution in [2.24, 2.45) is 0 Å². The van der Waals surface area contributed by atoms with Gasteiger partial charge < -0.3 is 0 Å². The first-order valence-electron chi connectivity index (χ1n) is 5.03. The molecule has 2 aromatic rings. The Morgan fingerprint density at radius 1 is 1.26 bits per heavy atom. The molecule has 0 atom stereocenters. The number of thiophene rings is 1. The monoisotopic (exact) mass is 399 g/mol. The quantitative estimate of drug-likeness (QED) is 0.793. The molecular weight excluding hydrogens is 393 g/mol. The van der Waals surface area contributed by atoms with E-state index >= 15 is 0 Å². The zero-order valence-corrected chi connectivity index (χ0v) is 14.3. The molecule has 0 aliphatic heterocycles. The lowest BCUT2D eigenvalue weighted by Gasteiger charge is -2.09. The summed E-state index contributed by atoms with van der Waals surface area (Å²) in [7, 11) is -3.74. The van der Waals surface area contributed by atoms with E-state index in [9.17, 15) is 8.42 Å². The van der Waals surface area contributed by atoms with E-state index in [1.807, 2.05) is 19.1 Å². The van der Waals surface area contributed by atoms with Gasteiger partial charge in [0.15, 0.2) is 0 Å². The summed E-state index contributed by atoms with van der Waals surface area (Å²) in [6, 6.07) is 6.64. The molecule has 0 spiro atoms. The molecule has 1 N–H and O–H groups in total. The summed E-state index contributed by atoms with van der Waals surface area (Å²) in [5.74, 6) is 0. The molecule has 0 saturated carbocycles. The third kappa shape index (κ3) is 3.44. The smallest absolute Gasteiger partial charge is 0.264 e. The predicted molar refractivity (Wildman–Crippen MR) is 84.0 cm³/mol. The Morgan fingerprint density at radius 3 is 2.47 bits per heavy atom. The largest absolute Gasteiger partial charge is 0.278 e. The van der Waals surface area contributed by atoms with Crippen molar-refractivity contribution in [3.63, 3.8) is 0 Å². The van der Waals surface area contributed by atoms with Crippen LogP contribution in [0.4, 0.5) is 5.69 Å². The first-order valence-corrected chi connectivity index (χ1v) is 8.88. The third-order valence-corrected chi connectivity index (χ3v) is 6.06. The van der Waals surface area contributed by atoms with E-state index in [1.165, 1.54) is 6.07 Å². The Hall–Kier alpha value is -0.270. The van der Waals surface area contributed by atoms with E-state index in [4.69, 9.17) is 23.2 Å². The van der Waals surface area contributed by atoms with Crippen LogP contribution in [0.5, 0.6) is 0 Å². The van der Waals surface area contributed by atoms with Crippen molar-refractivity contribution in [3.8, 4) is 0 Å². The van der Waals surface area contributed by atoms with Gasteiger partial charge in [-0.15, -0.1) is 11.3 Å². The first-order chi connectivity index (χ1) is 8.79. The molecule has 0 saturated heterocycles. The van der Waals surface area contributed by atoms with Gasteiger partial charge in [0.05, 0.1) is 10.0 Å². The lowest BCUT2D eigenvalue weighted by atomic mass is 10.2. The molecule has 0 bridgehead atoms. The van der Waals surface area contributed by atoms with Crippen molar-refractivity contribution in [2.45, 2.75) is 11.8 Å². The molecule has 3 nitrogen and oxygen atoms in total. The van der Waals surface area contributed by atoms with E-state index in [2.05, 4.69) is 20.7 Å². The maximum Gasteiger partial charge on any atom is 0.264 e. The van der Waals surface area contributed by atoms with Crippen LogP contribution in [0, 0.1) is 6.92 Å². The Bertz CT molecular complexity index is 728. The van der Waals surface area contributed by atoms with Crippen LogP contribution < -0.4 is 4.72 Å². The van der Waals surface area contributed by atoms with E-state index in [1.54, 1.807) is 6.07 Å². The fourth-order valence-corrected chi connectivity index (χ4v) is 5.36. The summed E-state index contributed by atoms with van der Waals surface area (Å²) in [6.07, 6.45) is 0. The standard InChI is InChI=1S/C11H8BrCl2NO2S2/c1-6-2-3-8(7(12)4-6)15-19(16,17)9-5-10(13)18-11(9)14/h2-5,15H,1H3. The van der Waals surface area contributed by atoms with E-state index in [-0.39, 0.29) is 9.23 Å². The van der Waals surface area contributed by atoms with Gasteiger partial charge in [-0.25, -0.2) is 8.42 Å². The molecule has 8 heteroatoms. The second-order valence-corrected chi connectivity index (χ2v) is 8.57. The van der Waals surface area contributed by atoms with Gasteiger partial charge in [0.1, 0.15) is 9.23 Å². The summed E-state index contributed by atoms with van der Waals surface area (Å²) in [5.41, 5.74) is 1.47. The lowest BCUT2D eigenvalue weighted by molar-refractivity contribution is 0.601. The number of hydrogen-bond acceptors (Lipinski definition) is 3. The van der Waals surface area contributed by atoms with Crippen LogP contribution in [0.3, 0.4) is 0 Å². The van der Waals surface area contributed by atoms with Crippen LogP contribution in [-0.4, -0.2) is 8.42 Å². The van der Waals surface area contributed by atoms with E-state index < -0.39 is 10.0 Å². The number of sulfonamides is 1. The molecule has 1 aromatic carbocycles. The van der Waals surface area contributed by atoms with Crippen LogP contribution >= 0.6 is 50.5 Å². The van der Waals surface area contributed by atoms with Gasteiger partial charge in [-0.05, 0) is 46.6 Å². The van der Waals surface area contributed by atoms with Crippen molar-refractivity contribution in [2.75, 3.05) is 4.72 Å². The molecule has 0 radical (unpaired) electrons. The van der Waals surface area contributed by atoms with Crippen molar-refractivity contribution >= 4 is 66.2 Å². The summed E-state index contributed by atoms with van der Waals surface area (Å²) in [4.78, 5) is -0.0170. The highest BCUT2D eigenvalue weighted by Gasteiger charge is 2.21. The van der Waals surface area contributed by atoms with Gasteiger partial charge in [-0.1, -0.05) is 29.3 Å². The number of nitrogens with one attached hydrogen (secondary N) is 1. The normalized spacial score (nSPS) is 11.6. The van der Waals surface area contributed by atoms with E-state index in [0.29, 0.717) is 14.5 Å². The van der Waals surface area contributed by atoms with Crippen LogP contribution in [0.25, 0.3) is 0 Å². The van der Waals surface area contributed by atoms with Crippen LogP contribution in [0.2, 0.25) is 8.67 Å². The molecule has 0 fully saturated rings. The van der Waals surface area contributed by atoms with Crippen molar-refractivity contribution in [3.05, 3.63) is 43.0 Å². The fourth-order valence-electron chi connectivity index (χ4n) is 1.41. The fraction of sp³-hybridized carbons (Fsp3) is 0.0909. The zero-order valence-electron chi connectivity index (χ0n) is 9.58. The molecule has 0 unspecified atom stereocenters. The first kappa shape index (κ1) is 15.1. The van der Waals surface area contributed by atoms with Crippen LogP contribution in [-0.2, 0) is 10.0 Å². The Kier molecular flexibility index (Phi) is 4.47. The molecule has 19 heavy (non-hydrogen) atoms. The van der Waals surface area contributed by atoms with Gasteiger partial charge >= 0.3 is 0 Å². The van der Waals surface area contributed by atoms with Gasteiger partial charge in [0, 0.05) is 4.47 Å². The summed E-state index contributed by atoms with van der Waals surface area (Å²) < 4.78 is 28.0. The molecule has 2 rings (SSSR count). The maximum atomic E-state index is 12.2. The lowest BCUT2D eigenvalue weighted by Crippen LogP contribution is -2.12. The number of aryl methyl sites for hydroxylation is 1. The predicted octanol–water partition coefficient (Wildman–Crippen LogP) is 4.93. The minimum absolute atomic E-state index is 0.0170. The number of rotatable bonds is 3. The molecule has 1 aromatic heterocycles. The number of anilines is 1. The van der Waals surface area contributed by atoms with Gasteiger partial charge in [-0.3, -0.25) is 4.72 Å². The average Bonchev–Trinajstić information content (AvgIpc) is 2.63. The van der Waals surface area contributed by atoms with Crippen molar-refractivity contribution < 1.29 is 8.42 Å². The highest BCUT2D eigenvalue weighted by atomic mass is 79.9. The maximum absolute atomic E-state index is 12.2. The van der Waals surface area contributed by atoms with Crippen molar-refractivity contribution in [1.82, 2.24) is 0 Å². The number of benzene rings is 1.